The van der Waals surface area contributed by atoms with Crippen molar-refractivity contribution in [1.82, 2.24) is 0 Å². The summed E-state index contributed by atoms with van der Waals surface area (Å²) < 4.78 is 37.5. The van der Waals surface area contributed by atoms with Gasteiger partial charge in [0, 0.05) is 9.50 Å². The summed E-state index contributed by atoms with van der Waals surface area (Å²) >= 11 is 8.42. The predicted octanol–water partition coefficient (Wildman–Crippen LogP) is 3.83. The van der Waals surface area contributed by atoms with Crippen molar-refractivity contribution in [1.29, 1.82) is 0 Å². The average molecular weight is 317 g/mol. The quantitative estimate of drug-likeness (QED) is 0.900. The first-order valence-electron chi connectivity index (χ1n) is 3.98. The van der Waals surface area contributed by atoms with Gasteiger partial charge in [-0.3, -0.25) is 4.79 Å². The Morgan fingerprint density at radius 1 is 1.44 bits per heavy atom. The van der Waals surface area contributed by atoms with Crippen LogP contribution in [0.2, 0.25) is 5.02 Å². The van der Waals surface area contributed by atoms with Crippen molar-refractivity contribution >= 4 is 33.5 Å². The molecule has 0 bridgehead atoms. The Morgan fingerprint density at radius 3 is 2.38 bits per heavy atom. The molecule has 0 aromatic heterocycles. The molecule has 0 heterocycles. The summed E-state index contributed by atoms with van der Waals surface area (Å²) in [6, 6.07) is 3.47. The van der Waals surface area contributed by atoms with Crippen molar-refractivity contribution in [3.8, 4) is 0 Å². The summed E-state index contributed by atoms with van der Waals surface area (Å²) in [6.45, 7) is 0. The van der Waals surface area contributed by atoms with Crippen LogP contribution in [0.4, 0.5) is 13.2 Å². The third kappa shape index (κ3) is 2.89. The Kier molecular flexibility index (Phi) is 3.85. The Labute approximate surface area is 102 Å². The highest BCUT2D eigenvalue weighted by molar-refractivity contribution is 9.10. The topological polar surface area (TPSA) is 37.3 Å². The standard InChI is InChI=1S/C9H5BrClF3O2/c10-6-3-4(11)1-2-5(6)7(8(15)16)9(12,13)14/h1-3,7H,(H,15,16). The van der Waals surface area contributed by atoms with Gasteiger partial charge in [-0.05, 0) is 17.7 Å². The van der Waals surface area contributed by atoms with Crippen LogP contribution in [0.25, 0.3) is 0 Å². The third-order valence-corrected chi connectivity index (χ3v) is 2.77. The van der Waals surface area contributed by atoms with Gasteiger partial charge in [-0.1, -0.05) is 33.6 Å². The average Bonchev–Trinajstić information content (AvgIpc) is 2.06. The predicted molar refractivity (Wildman–Crippen MR) is 55.6 cm³/mol. The lowest BCUT2D eigenvalue weighted by molar-refractivity contribution is -0.176. The van der Waals surface area contributed by atoms with Crippen LogP contribution < -0.4 is 0 Å². The summed E-state index contributed by atoms with van der Waals surface area (Å²) in [5, 5.41) is 8.81. The van der Waals surface area contributed by atoms with Crippen LogP contribution in [-0.4, -0.2) is 17.3 Å². The van der Waals surface area contributed by atoms with Gasteiger partial charge >= 0.3 is 12.1 Å². The minimum Gasteiger partial charge on any atom is -0.481 e. The number of hydrogen-bond donors (Lipinski definition) is 1. The molecule has 88 valence electrons. The molecule has 7 heteroatoms. The van der Waals surface area contributed by atoms with Crippen molar-refractivity contribution in [3.05, 3.63) is 33.3 Å². The van der Waals surface area contributed by atoms with Gasteiger partial charge in [0.2, 0.25) is 0 Å². The Morgan fingerprint density at radius 2 is 2.00 bits per heavy atom. The van der Waals surface area contributed by atoms with E-state index in [4.69, 9.17) is 16.7 Å². The third-order valence-electron chi connectivity index (χ3n) is 1.85. The highest BCUT2D eigenvalue weighted by Gasteiger charge is 2.47. The van der Waals surface area contributed by atoms with Crippen LogP contribution in [-0.2, 0) is 4.79 Å². The lowest BCUT2D eigenvalue weighted by atomic mass is 9.99. The highest BCUT2D eigenvalue weighted by atomic mass is 79.9. The van der Waals surface area contributed by atoms with Gasteiger partial charge in [0.1, 0.15) is 0 Å². The highest BCUT2D eigenvalue weighted by Crippen LogP contribution is 2.39. The molecule has 1 unspecified atom stereocenters. The molecule has 1 N–H and O–H groups in total. The number of halogens is 5. The van der Waals surface area contributed by atoms with Crippen molar-refractivity contribution in [2.24, 2.45) is 0 Å². The van der Waals surface area contributed by atoms with Gasteiger partial charge in [0.25, 0.3) is 0 Å². The lowest BCUT2D eigenvalue weighted by Crippen LogP contribution is -2.28. The SMILES string of the molecule is O=C(O)C(c1ccc(Cl)cc1Br)C(F)(F)F. The fourth-order valence-corrected chi connectivity index (χ4v) is 2.10. The fourth-order valence-electron chi connectivity index (χ4n) is 1.18. The van der Waals surface area contributed by atoms with Gasteiger partial charge in [-0.15, -0.1) is 0 Å². The summed E-state index contributed by atoms with van der Waals surface area (Å²) in [4.78, 5) is 10.6. The molecule has 16 heavy (non-hydrogen) atoms. The minimum absolute atomic E-state index is 0.0183. The molecular formula is C9H5BrClF3O2. The van der Waals surface area contributed by atoms with E-state index in [0.717, 1.165) is 6.07 Å². The van der Waals surface area contributed by atoms with E-state index in [0.29, 0.717) is 0 Å². The van der Waals surface area contributed by atoms with Crippen LogP contribution in [0, 0.1) is 0 Å². The number of benzene rings is 1. The van der Waals surface area contributed by atoms with E-state index in [1.165, 1.54) is 12.1 Å². The number of alkyl halides is 3. The first kappa shape index (κ1) is 13.3. The largest absolute Gasteiger partial charge is 0.481 e. The van der Waals surface area contributed by atoms with Gasteiger partial charge in [0.05, 0.1) is 0 Å². The van der Waals surface area contributed by atoms with Crippen molar-refractivity contribution in [3.63, 3.8) is 0 Å². The summed E-state index contributed by atoms with van der Waals surface area (Å²) in [5.41, 5.74) is -0.371. The minimum atomic E-state index is -4.85. The second-order valence-electron chi connectivity index (χ2n) is 2.98. The van der Waals surface area contributed by atoms with Crippen LogP contribution in [0.5, 0.6) is 0 Å². The molecule has 1 atom stereocenters. The Hall–Kier alpha value is -0.750. The smallest absolute Gasteiger partial charge is 0.406 e. The molecule has 1 aromatic carbocycles. The molecule has 0 radical (unpaired) electrons. The summed E-state index contributed by atoms with van der Waals surface area (Å²) in [5.74, 6) is -4.50. The zero-order chi connectivity index (χ0) is 12.5. The maximum Gasteiger partial charge on any atom is 0.406 e. The molecule has 0 saturated heterocycles. The summed E-state index contributed by atoms with van der Waals surface area (Å²) in [7, 11) is 0. The Balaban J connectivity index is 3.28. The first-order valence-corrected chi connectivity index (χ1v) is 5.15. The van der Waals surface area contributed by atoms with E-state index in [9.17, 15) is 18.0 Å². The Bertz CT molecular complexity index is 420. The fraction of sp³-hybridized carbons (Fsp3) is 0.222. The second-order valence-corrected chi connectivity index (χ2v) is 4.27. The normalized spacial score (nSPS) is 13.6. The van der Waals surface area contributed by atoms with Gasteiger partial charge in [-0.25, -0.2) is 0 Å². The van der Waals surface area contributed by atoms with Crippen LogP contribution >= 0.6 is 27.5 Å². The molecule has 0 aliphatic carbocycles. The molecule has 1 aromatic rings. The van der Waals surface area contributed by atoms with E-state index >= 15 is 0 Å². The number of aliphatic carboxylic acids is 1. The van der Waals surface area contributed by atoms with E-state index in [-0.39, 0.29) is 15.1 Å². The van der Waals surface area contributed by atoms with Crippen molar-refractivity contribution in [2.75, 3.05) is 0 Å². The monoisotopic (exact) mass is 316 g/mol. The molecule has 1 rings (SSSR count). The molecule has 0 aliphatic rings. The molecule has 0 spiro atoms. The van der Waals surface area contributed by atoms with Crippen LogP contribution in [0.1, 0.15) is 11.5 Å². The van der Waals surface area contributed by atoms with Gasteiger partial charge < -0.3 is 5.11 Å². The second kappa shape index (κ2) is 4.63. The van der Waals surface area contributed by atoms with Crippen LogP contribution in [0.3, 0.4) is 0 Å². The number of hydrogen-bond acceptors (Lipinski definition) is 1. The zero-order valence-corrected chi connectivity index (χ0v) is 9.90. The molecule has 0 aliphatic heterocycles. The zero-order valence-electron chi connectivity index (χ0n) is 7.55. The molecule has 0 fully saturated rings. The summed E-state index contributed by atoms with van der Waals surface area (Å²) in [6.07, 6.45) is -4.85. The molecule has 2 nitrogen and oxygen atoms in total. The van der Waals surface area contributed by atoms with Crippen LogP contribution in [0.15, 0.2) is 22.7 Å². The first-order chi connectivity index (χ1) is 7.23. The maximum absolute atomic E-state index is 12.5. The number of rotatable bonds is 2. The number of carboxylic acid groups (broad SMARTS) is 1. The van der Waals surface area contributed by atoms with Gasteiger partial charge in [0.15, 0.2) is 5.92 Å². The van der Waals surface area contributed by atoms with Crippen molar-refractivity contribution in [2.45, 2.75) is 12.1 Å². The van der Waals surface area contributed by atoms with E-state index in [1.54, 1.807) is 0 Å². The maximum atomic E-state index is 12.5. The number of carboxylic acids is 1. The molecule has 0 amide bonds. The van der Waals surface area contributed by atoms with E-state index in [1.807, 2.05) is 0 Å². The molecule has 0 saturated carbocycles. The lowest BCUT2D eigenvalue weighted by Gasteiger charge is -2.17. The number of carbonyl (C=O) groups is 1. The van der Waals surface area contributed by atoms with E-state index < -0.39 is 18.1 Å². The van der Waals surface area contributed by atoms with E-state index in [2.05, 4.69) is 15.9 Å². The van der Waals surface area contributed by atoms with Gasteiger partial charge in [-0.2, -0.15) is 13.2 Å². The molecular weight excluding hydrogens is 312 g/mol. The van der Waals surface area contributed by atoms with Crippen molar-refractivity contribution < 1.29 is 23.1 Å².